The van der Waals surface area contributed by atoms with E-state index in [1.54, 1.807) is 11.1 Å². The highest BCUT2D eigenvalue weighted by Crippen LogP contribution is 2.63. The first-order valence-electron chi connectivity index (χ1n) is 9.33. The fourth-order valence-electron chi connectivity index (χ4n) is 6.35. The Balaban J connectivity index is 1.77. The largest absolute Gasteiger partial charge is 0.346 e. The monoisotopic (exact) mass is 304 g/mol. The molecular formula is C20H32O2. The summed E-state index contributed by atoms with van der Waals surface area (Å²) in [6.07, 6.45) is 7.97. The maximum absolute atomic E-state index is 6.52. The summed E-state index contributed by atoms with van der Waals surface area (Å²) in [6.45, 7) is 12.8. The van der Waals surface area contributed by atoms with Gasteiger partial charge in [0.15, 0.2) is 5.79 Å². The van der Waals surface area contributed by atoms with Gasteiger partial charge in [-0.15, -0.1) is 0 Å². The Morgan fingerprint density at radius 3 is 2.64 bits per heavy atom. The average Bonchev–Trinajstić information content (AvgIpc) is 2.76. The molecule has 0 radical (unpaired) electrons. The van der Waals surface area contributed by atoms with Gasteiger partial charge in [0.2, 0.25) is 0 Å². The SMILES string of the molecule is CC(C)[C@@]12CC3=C([C@@H](CO1)O2)[C@@]1(C)CCCC(C)(C)[C@@H]1CC3. The molecule has 2 bridgehead atoms. The number of ether oxygens (including phenoxy) is 2. The van der Waals surface area contributed by atoms with Gasteiger partial charge in [-0.25, -0.2) is 0 Å². The van der Waals surface area contributed by atoms with Gasteiger partial charge in [-0.05, 0) is 48.0 Å². The van der Waals surface area contributed by atoms with Crippen LogP contribution in [0.3, 0.4) is 0 Å². The number of rotatable bonds is 1. The molecule has 22 heavy (non-hydrogen) atoms. The van der Waals surface area contributed by atoms with Crippen LogP contribution in [0.4, 0.5) is 0 Å². The van der Waals surface area contributed by atoms with Gasteiger partial charge in [0.25, 0.3) is 0 Å². The Morgan fingerprint density at radius 1 is 1.14 bits per heavy atom. The van der Waals surface area contributed by atoms with E-state index < -0.39 is 0 Å². The van der Waals surface area contributed by atoms with E-state index in [1.165, 1.54) is 32.1 Å². The third kappa shape index (κ3) is 1.86. The molecule has 4 atom stereocenters. The van der Waals surface area contributed by atoms with Crippen LogP contribution in [0.25, 0.3) is 0 Å². The van der Waals surface area contributed by atoms with Crippen LogP contribution in [0.1, 0.15) is 73.1 Å². The summed E-state index contributed by atoms with van der Waals surface area (Å²) < 4.78 is 12.7. The van der Waals surface area contributed by atoms with Crippen molar-refractivity contribution in [3.8, 4) is 0 Å². The molecule has 124 valence electrons. The van der Waals surface area contributed by atoms with Crippen molar-refractivity contribution in [2.75, 3.05) is 6.61 Å². The smallest absolute Gasteiger partial charge is 0.175 e. The zero-order valence-electron chi connectivity index (χ0n) is 15.0. The Hall–Kier alpha value is -0.340. The summed E-state index contributed by atoms with van der Waals surface area (Å²) in [6, 6.07) is 0. The molecule has 2 heteroatoms. The molecule has 0 unspecified atom stereocenters. The Morgan fingerprint density at radius 2 is 1.91 bits per heavy atom. The van der Waals surface area contributed by atoms with E-state index in [0.717, 1.165) is 18.9 Å². The molecule has 0 spiro atoms. The van der Waals surface area contributed by atoms with Crippen LogP contribution < -0.4 is 0 Å². The van der Waals surface area contributed by atoms with Crippen LogP contribution in [0, 0.1) is 22.7 Å². The average molecular weight is 304 g/mol. The van der Waals surface area contributed by atoms with Gasteiger partial charge in [0.1, 0.15) is 6.10 Å². The van der Waals surface area contributed by atoms with Crippen LogP contribution in [0.2, 0.25) is 0 Å². The number of hydrogen-bond donors (Lipinski definition) is 0. The highest BCUT2D eigenvalue weighted by atomic mass is 16.7. The predicted octanol–water partition coefficient (Wildman–Crippen LogP) is 5.08. The van der Waals surface area contributed by atoms with Gasteiger partial charge >= 0.3 is 0 Å². The molecule has 2 aliphatic heterocycles. The predicted molar refractivity (Wildman–Crippen MR) is 88.5 cm³/mol. The van der Waals surface area contributed by atoms with Crippen molar-refractivity contribution in [3.63, 3.8) is 0 Å². The van der Waals surface area contributed by atoms with E-state index in [1.807, 2.05) is 0 Å². The third-order valence-electron chi connectivity index (χ3n) is 7.44. The second-order valence-corrected chi connectivity index (χ2v) is 9.43. The van der Waals surface area contributed by atoms with Crippen LogP contribution >= 0.6 is 0 Å². The third-order valence-corrected chi connectivity index (χ3v) is 7.44. The normalized spacial score (nSPS) is 46.6. The zero-order valence-corrected chi connectivity index (χ0v) is 15.0. The summed E-state index contributed by atoms with van der Waals surface area (Å²) in [5, 5.41) is 0. The molecular weight excluding hydrogens is 272 g/mol. The van der Waals surface area contributed by atoms with E-state index >= 15 is 0 Å². The van der Waals surface area contributed by atoms with Crippen molar-refractivity contribution in [2.45, 2.75) is 85.0 Å². The molecule has 1 saturated carbocycles. The lowest BCUT2D eigenvalue weighted by Crippen LogP contribution is -2.51. The van der Waals surface area contributed by atoms with Gasteiger partial charge in [0.05, 0.1) is 6.61 Å². The van der Waals surface area contributed by atoms with Crippen LogP contribution in [0.5, 0.6) is 0 Å². The van der Waals surface area contributed by atoms with Gasteiger partial charge in [-0.2, -0.15) is 0 Å². The molecule has 0 amide bonds. The Labute approximate surface area is 135 Å². The van der Waals surface area contributed by atoms with Crippen molar-refractivity contribution < 1.29 is 9.47 Å². The van der Waals surface area contributed by atoms with E-state index in [9.17, 15) is 0 Å². The first kappa shape index (κ1) is 15.2. The van der Waals surface area contributed by atoms with Crippen molar-refractivity contribution in [3.05, 3.63) is 11.1 Å². The fourth-order valence-corrected chi connectivity index (χ4v) is 6.35. The lowest BCUT2D eigenvalue weighted by molar-refractivity contribution is -0.203. The molecule has 2 nitrogen and oxygen atoms in total. The molecule has 0 aromatic heterocycles. The minimum Gasteiger partial charge on any atom is -0.346 e. The Kier molecular flexibility index (Phi) is 3.18. The second kappa shape index (κ2) is 4.60. The maximum atomic E-state index is 6.52. The summed E-state index contributed by atoms with van der Waals surface area (Å²) in [4.78, 5) is 0. The molecule has 0 aromatic carbocycles. The lowest BCUT2D eigenvalue weighted by Gasteiger charge is -2.57. The summed E-state index contributed by atoms with van der Waals surface area (Å²) in [7, 11) is 0. The molecule has 2 heterocycles. The van der Waals surface area contributed by atoms with Crippen LogP contribution in [-0.2, 0) is 9.47 Å². The second-order valence-electron chi connectivity index (χ2n) is 9.43. The fraction of sp³-hybridized carbons (Fsp3) is 0.900. The van der Waals surface area contributed by atoms with Crippen molar-refractivity contribution in [1.29, 1.82) is 0 Å². The molecule has 4 rings (SSSR count). The highest BCUT2D eigenvalue weighted by molar-refractivity contribution is 5.35. The first-order chi connectivity index (χ1) is 10.3. The Bertz CT molecular complexity index is 518. The topological polar surface area (TPSA) is 18.5 Å². The van der Waals surface area contributed by atoms with E-state index in [4.69, 9.17) is 9.47 Å². The number of hydrogen-bond acceptors (Lipinski definition) is 2. The molecule has 4 aliphatic rings. The van der Waals surface area contributed by atoms with Gasteiger partial charge in [0, 0.05) is 12.3 Å². The summed E-state index contributed by atoms with van der Waals surface area (Å²) in [5.41, 5.74) is 4.17. The zero-order chi connectivity index (χ0) is 15.8. The highest BCUT2D eigenvalue weighted by Gasteiger charge is 2.58. The van der Waals surface area contributed by atoms with Crippen LogP contribution in [-0.4, -0.2) is 18.5 Å². The maximum Gasteiger partial charge on any atom is 0.175 e. The molecule has 2 fully saturated rings. The van der Waals surface area contributed by atoms with Crippen LogP contribution in [0.15, 0.2) is 11.1 Å². The van der Waals surface area contributed by atoms with Gasteiger partial charge < -0.3 is 9.47 Å². The summed E-state index contributed by atoms with van der Waals surface area (Å²) >= 11 is 0. The minimum atomic E-state index is -0.323. The molecule has 2 aliphatic carbocycles. The van der Waals surface area contributed by atoms with E-state index in [2.05, 4.69) is 34.6 Å². The number of fused-ring (bicyclic) bond motifs is 5. The standard InChI is InChI=1S/C20H32O2/c1-13(2)20-11-14-7-8-16-18(3,4)9-6-10-19(16,5)17(14)15(22-20)12-21-20/h13,15-16H,6-12H2,1-5H3/t15-,16+,19+,20+/m1/s1. The first-order valence-corrected chi connectivity index (χ1v) is 9.33. The lowest BCUT2D eigenvalue weighted by atomic mass is 9.49. The van der Waals surface area contributed by atoms with Crippen molar-refractivity contribution in [2.24, 2.45) is 22.7 Å². The van der Waals surface area contributed by atoms with E-state index in [0.29, 0.717) is 16.7 Å². The van der Waals surface area contributed by atoms with Gasteiger partial charge in [-0.1, -0.05) is 46.6 Å². The van der Waals surface area contributed by atoms with Gasteiger partial charge in [-0.3, -0.25) is 0 Å². The molecule has 1 saturated heterocycles. The van der Waals surface area contributed by atoms with E-state index in [-0.39, 0.29) is 11.9 Å². The summed E-state index contributed by atoms with van der Waals surface area (Å²) in [5.74, 6) is 0.916. The van der Waals surface area contributed by atoms with Crippen molar-refractivity contribution >= 4 is 0 Å². The quantitative estimate of drug-likeness (QED) is 0.629. The molecule has 0 aromatic rings. The van der Waals surface area contributed by atoms with Crippen molar-refractivity contribution in [1.82, 2.24) is 0 Å². The minimum absolute atomic E-state index is 0.229. The molecule has 0 N–H and O–H groups in total.